The summed E-state index contributed by atoms with van der Waals surface area (Å²) in [6.45, 7) is 3.79. The number of rotatable bonds is 6. The quantitative estimate of drug-likeness (QED) is 0.379. The predicted molar refractivity (Wildman–Crippen MR) is 128 cm³/mol. The Morgan fingerprint density at radius 2 is 1.53 bits per heavy atom. The maximum Gasteiger partial charge on any atom is 0.286 e. The minimum Gasteiger partial charge on any atom is -0.496 e. The Kier molecular flexibility index (Phi) is 6.18. The van der Waals surface area contributed by atoms with Gasteiger partial charge in [-0.1, -0.05) is 18.2 Å². The van der Waals surface area contributed by atoms with Gasteiger partial charge in [-0.2, -0.15) is 0 Å². The number of amides is 2. The molecule has 4 rings (SSSR count). The molecule has 0 aliphatic carbocycles. The van der Waals surface area contributed by atoms with Crippen molar-refractivity contribution in [1.29, 1.82) is 0 Å². The van der Waals surface area contributed by atoms with E-state index >= 15 is 0 Å². The summed E-state index contributed by atoms with van der Waals surface area (Å²) in [5, 5.41) is 0.642. The highest BCUT2D eigenvalue weighted by Gasteiger charge is 2.21. The number of ether oxygens (including phenoxy) is 3. The van der Waals surface area contributed by atoms with E-state index in [1.807, 2.05) is 48.7 Å². The smallest absolute Gasteiger partial charge is 0.286 e. The lowest BCUT2D eigenvalue weighted by molar-refractivity contribution is 0.0844. The molecule has 3 N–H and O–H groups in total. The minimum atomic E-state index is -0.524. The number of para-hydroxylation sites is 1. The van der Waals surface area contributed by atoms with Crippen LogP contribution in [0.1, 0.15) is 32.2 Å². The summed E-state index contributed by atoms with van der Waals surface area (Å²) in [7, 11) is 4.56. The van der Waals surface area contributed by atoms with Gasteiger partial charge in [0.05, 0.1) is 32.4 Å². The molecule has 4 aromatic rings. The summed E-state index contributed by atoms with van der Waals surface area (Å²) < 4.78 is 18.2. The molecule has 2 aromatic heterocycles. The molecule has 0 saturated heterocycles. The molecule has 0 saturated carbocycles. The third-order valence-corrected chi connectivity index (χ3v) is 5.66. The van der Waals surface area contributed by atoms with Gasteiger partial charge in [0.2, 0.25) is 0 Å². The fraction of sp³-hybridized carbons (Fsp3) is 0.200. The molecule has 2 aromatic carbocycles. The van der Waals surface area contributed by atoms with E-state index in [1.165, 1.54) is 21.3 Å². The van der Waals surface area contributed by atoms with Gasteiger partial charge in [0, 0.05) is 28.5 Å². The predicted octanol–water partition coefficient (Wildman–Crippen LogP) is 3.68. The molecule has 34 heavy (non-hydrogen) atoms. The molecule has 0 aliphatic rings. The Hall–Kier alpha value is -4.40. The van der Waals surface area contributed by atoms with Crippen LogP contribution in [-0.2, 0) is 0 Å². The molecule has 0 aliphatic heterocycles. The number of nitrogens with zero attached hydrogens (tertiary/aromatic N) is 1. The number of carbonyl (C=O) groups excluding carboxylic acids is 2. The fourth-order valence-corrected chi connectivity index (χ4v) is 4.07. The molecule has 2 heterocycles. The summed E-state index contributed by atoms with van der Waals surface area (Å²) in [6, 6.07) is 14.8. The molecule has 0 unspecified atom stereocenters. The van der Waals surface area contributed by atoms with Crippen LogP contribution in [0.4, 0.5) is 0 Å². The lowest BCUT2D eigenvalue weighted by Gasteiger charge is -2.11. The van der Waals surface area contributed by atoms with Crippen molar-refractivity contribution in [3.63, 3.8) is 0 Å². The van der Waals surface area contributed by atoms with Gasteiger partial charge in [-0.05, 0) is 38.1 Å². The second kappa shape index (κ2) is 9.22. The number of hydrogen-bond donors (Lipinski definition) is 3. The van der Waals surface area contributed by atoms with Crippen LogP contribution in [0.25, 0.3) is 16.6 Å². The molecule has 2 amide bonds. The van der Waals surface area contributed by atoms with Gasteiger partial charge in [0.15, 0.2) is 11.5 Å². The summed E-state index contributed by atoms with van der Waals surface area (Å²) in [5.41, 5.74) is 8.81. The van der Waals surface area contributed by atoms with Crippen molar-refractivity contribution < 1.29 is 23.8 Å². The molecular formula is C25H26N4O5. The van der Waals surface area contributed by atoms with Crippen molar-refractivity contribution in [3.8, 4) is 22.9 Å². The molecule has 0 bridgehead atoms. The number of carbonyl (C=O) groups is 2. The SMILES string of the molecule is COc1cc(OC)c2cc(C(=O)NNC(=O)c3cc(C)n(-c4ccccc4)c3C)[nH]c2c1OC. The topological polar surface area (TPSA) is 107 Å². The highest BCUT2D eigenvalue weighted by atomic mass is 16.5. The third kappa shape index (κ3) is 3.92. The van der Waals surface area contributed by atoms with Crippen LogP contribution >= 0.6 is 0 Å². The maximum absolute atomic E-state index is 12.8. The van der Waals surface area contributed by atoms with Crippen molar-refractivity contribution in [2.75, 3.05) is 21.3 Å². The van der Waals surface area contributed by atoms with Gasteiger partial charge in [-0.25, -0.2) is 0 Å². The number of fused-ring (bicyclic) bond motifs is 1. The largest absolute Gasteiger partial charge is 0.496 e. The Balaban J connectivity index is 1.56. The first kappa shape index (κ1) is 22.8. The molecule has 0 fully saturated rings. The number of H-pyrrole nitrogens is 1. The normalized spacial score (nSPS) is 10.7. The van der Waals surface area contributed by atoms with E-state index in [2.05, 4.69) is 15.8 Å². The zero-order valence-corrected chi connectivity index (χ0v) is 19.6. The summed E-state index contributed by atoms with van der Waals surface area (Å²) >= 11 is 0. The number of aryl methyl sites for hydroxylation is 1. The van der Waals surface area contributed by atoms with Crippen molar-refractivity contribution in [1.82, 2.24) is 20.4 Å². The summed E-state index contributed by atoms with van der Waals surface area (Å²) in [6.07, 6.45) is 0. The van der Waals surface area contributed by atoms with Gasteiger partial charge >= 0.3 is 0 Å². The van der Waals surface area contributed by atoms with Crippen LogP contribution in [0.3, 0.4) is 0 Å². The number of methoxy groups -OCH3 is 3. The van der Waals surface area contributed by atoms with E-state index < -0.39 is 11.8 Å². The lowest BCUT2D eigenvalue weighted by atomic mass is 10.2. The molecule has 9 nitrogen and oxygen atoms in total. The molecule has 0 atom stereocenters. The van der Waals surface area contributed by atoms with Crippen molar-refractivity contribution in [3.05, 3.63) is 71.2 Å². The van der Waals surface area contributed by atoms with Crippen molar-refractivity contribution in [2.24, 2.45) is 0 Å². The van der Waals surface area contributed by atoms with Gasteiger partial charge in [0.25, 0.3) is 11.8 Å². The van der Waals surface area contributed by atoms with Crippen LogP contribution in [-0.4, -0.2) is 42.7 Å². The fourth-order valence-electron chi connectivity index (χ4n) is 4.07. The number of aromatic amines is 1. The van der Waals surface area contributed by atoms with Crippen LogP contribution < -0.4 is 25.1 Å². The average molecular weight is 463 g/mol. The molecule has 176 valence electrons. The van der Waals surface area contributed by atoms with E-state index in [9.17, 15) is 9.59 Å². The van der Waals surface area contributed by atoms with Crippen LogP contribution in [0.2, 0.25) is 0 Å². The van der Waals surface area contributed by atoms with E-state index in [1.54, 1.807) is 18.2 Å². The number of hydrogen-bond acceptors (Lipinski definition) is 5. The molecule has 0 spiro atoms. The van der Waals surface area contributed by atoms with E-state index in [0.717, 1.165) is 17.1 Å². The first-order valence-electron chi connectivity index (χ1n) is 10.6. The van der Waals surface area contributed by atoms with Gasteiger partial charge in [0.1, 0.15) is 11.4 Å². The first-order chi connectivity index (χ1) is 16.4. The van der Waals surface area contributed by atoms with Crippen LogP contribution in [0, 0.1) is 13.8 Å². The monoisotopic (exact) mass is 462 g/mol. The van der Waals surface area contributed by atoms with Crippen molar-refractivity contribution >= 4 is 22.7 Å². The molecule has 0 radical (unpaired) electrons. The number of aromatic nitrogens is 2. The molecule has 9 heteroatoms. The summed E-state index contributed by atoms with van der Waals surface area (Å²) in [4.78, 5) is 28.7. The Morgan fingerprint density at radius 3 is 2.18 bits per heavy atom. The average Bonchev–Trinajstić information content (AvgIpc) is 3.42. The Morgan fingerprint density at radius 1 is 0.853 bits per heavy atom. The van der Waals surface area contributed by atoms with Crippen LogP contribution in [0.15, 0.2) is 48.5 Å². The highest BCUT2D eigenvalue weighted by Crippen LogP contribution is 2.41. The lowest BCUT2D eigenvalue weighted by Crippen LogP contribution is -2.41. The Labute approximate surface area is 196 Å². The van der Waals surface area contributed by atoms with Crippen LogP contribution in [0.5, 0.6) is 17.2 Å². The number of nitrogens with one attached hydrogen (secondary N) is 3. The zero-order chi connectivity index (χ0) is 24.4. The van der Waals surface area contributed by atoms with E-state index in [-0.39, 0.29) is 5.69 Å². The number of benzene rings is 2. The van der Waals surface area contributed by atoms with E-state index in [0.29, 0.717) is 33.7 Å². The first-order valence-corrected chi connectivity index (χ1v) is 10.6. The maximum atomic E-state index is 12.8. The zero-order valence-electron chi connectivity index (χ0n) is 19.6. The van der Waals surface area contributed by atoms with Crippen molar-refractivity contribution in [2.45, 2.75) is 13.8 Å². The standard InChI is InChI=1S/C25H26N4O5/c1-14-11-17(15(2)29(14)16-9-7-6-8-10-16)24(30)27-28-25(31)19-12-18-20(32-3)13-21(33-4)23(34-5)22(18)26-19/h6-13,26H,1-5H3,(H,27,30)(H,28,31). The summed E-state index contributed by atoms with van der Waals surface area (Å²) in [5.74, 6) is 0.471. The highest BCUT2D eigenvalue weighted by molar-refractivity contribution is 6.04. The second-order valence-corrected chi connectivity index (χ2v) is 7.65. The minimum absolute atomic E-state index is 0.218. The molecular weight excluding hydrogens is 436 g/mol. The third-order valence-electron chi connectivity index (χ3n) is 5.66. The number of hydrazine groups is 1. The van der Waals surface area contributed by atoms with Gasteiger partial charge < -0.3 is 23.8 Å². The van der Waals surface area contributed by atoms with E-state index in [4.69, 9.17) is 14.2 Å². The Bertz CT molecular complexity index is 1370. The van der Waals surface area contributed by atoms with Gasteiger partial charge in [-0.3, -0.25) is 20.4 Å². The van der Waals surface area contributed by atoms with Gasteiger partial charge in [-0.15, -0.1) is 0 Å². The second-order valence-electron chi connectivity index (χ2n) is 7.65.